The molecule has 1 aliphatic rings. The fraction of sp³-hybridized carbons (Fsp3) is 0.217. The number of hydrogen-bond donors (Lipinski definition) is 0. The van der Waals surface area contributed by atoms with Crippen LogP contribution in [0.2, 0.25) is 0 Å². The molecule has 1 atom stereocenters. The van der Waals surface area contributed by atoms with Crippen molar-refractivity contribution in [1.29, 1.82) is 0 Å². The lowest BCUT2D eigenvalue weighted by Gasteiger charge is -2.25. The van der Waals surface area contributed by atoms with Gasteiger partial charge in [-0.3, -0.25) is 14.9 Å². The number of rotatable bonds is 5. The van der Waals surface area contributed by atoms with Crippen molar-refractivity contribution >= 4 is 29.0 Å². The summed E-state index contributed by atoms with van der Waals surface area (Å²) in [4.78, 5) is 32.3. The number of carbonyl (C=O) groups excluding carboxylic acids is 1. The van der Waals surface area contributed by atoms with E-state index in [1.54, 1.807) is 22.8 Å². The first-order chi connectivity index (χ1) is 15.5. The van der Waals surface area contributed by atoms with Gasteiger partial charge in [-0.05, 0) is 36.0 Å². The number of fused-ring (bicyclic) bond motifs is 3. The van der Waals surface area contributed by atoms with Gasteiger partial charge in [-0.1, -0.05) is 48.2 Å². The van der Waals surface area contributed by atoms with Crippen LogP contribution in [0.5, 0.6) is 0 Å². The highest BCUT2D eigenvalue weighted by atomic mass is 32.2. The maximum absolute atomic E-state index is 12.9. The number of Topliss-reactive ketones (excluding diaryl/α,β-unsaturated/α-hetero) is 1. The molecule has 0 saturated carbocycles. The zero-order valence-electron chi connectivity index (χ0n) is 17.3. The van der Waals surface area contributed by atoms with E-state index in [9.17, 15) is 14.9 Å². The Morgan fingerprint density at radius 1 is 1.19 bits per heavy atom. The van der Waals surface area contributed by atoms with Crippen LogP contribution in [-0.2, 0) is 12.2 Å². The molecule has 1 aliphatic carbocycles. The molecule has 0 spiro atoms. The molecule has 0 saturated heterocycles. The molecule has 0 aliphatic heterocycles. The van der Waals surface area contributed by atoms with Gasteiger partial charge in [0.15, 0.2) is 5.78 Å². The van der Waals surface area contributed by atoms with Gasteiger partial charge in [0.2, 0.25) is 5.16 Å². The van der Waals surface area contributed by atoms with Gasteiger partial charge in [-0.25, -0.2) is 4.98 Å². The number of carbonyl (C=O) groups is 1. The minimum absolute atomic E-state index is 0.0579. The first kappa shape index (κ1) is 20.3. The van der Waals surface area contributed by atoms with E-state index in [0.717, 1.165) is 11.3 Å². The van der Waals surface area contributed by atoms with Crippen LogP contribution in [0.1, 0.15) is 45.1 Å². The molecule has 2 aromatic carbocycles. The van der Waals surface area contributed by atoms with Crippen LogP contribution in [0.4, 0.5) is 5.69 Å². The largest absolute Gasteiger partial charge is 0.294 e. The lowest BCUT2D eigenvalue weighted by molar-refractivity contribution is -0.384. The summed E-state index contributed by atoms with van der Waals surface area (Å²) in [6.45, 7) is 2.07. The van der Waals surface area contributed by atoms with Crippen molar-refractivity contribution in [1.82, 2.24) is 19.6 Å². The first-order valence-electron chi connectivity index (χ1n) is 10.2. The van der Waals surface area contributed by atoms with Crippen molar-refractivity contribution in [2.24, 2.45) is 0 Å². The summed E-state index contributed by atoms with van der Waals surface area (Å²) in [5.74, 6) is 1.09. The molecule has 0 N–H and O–H groups in total. The van der Waals surface area contributed by atoms with Crippen LogP contribution in [0.3, 0.4) is 0 Å². The SMILES string of the molecule is Cc1ccccc1C1CC(=O)c2cnc3nc(SCc4cccc([N+](=O)[O-])c4)nn3c2C1. The summed E-state index contributed by atoms with van der Waals surface area (Å²) in [5, 5.41) is 16.1. The van der Waals surface area contributed by atoms with E-state index in [-0.39, 0.29) is 17.4 Å². The molecule has 5 rings (SSSR count). The number of ketones is 1. The van der Waals surface area contributed by atoms with E-state index in [1.165, 1.54) is 29.0 Å². The van der Waals surface area contributed by atoms with Crippen LogP contribution in [0, 0.1) is 17.0 Å². The van der Waals surface area contributed by atoms with Gasteiger partial charge in [0.05, 0.1) is 16.2 Å². The Bertz CT molecular complexity index is 1370. The van der Waals surface area contributed by atoms with E-state index in [1.807, 2.05) is 18.2 Å². The second kappa shape index (κ2) is 8.16. The number of aryl methyl sites for hydroxylation is 1. The molecule has 32 heavy (non-hydrogen) atoms. The van der Waals surface area contributed by atoms with Crippen LogP contribution >= 0.6 is 11.8 Å². The summed E-state index contributed by atoms with van der Waals surface area (Å²) in [6, 6.07) is 14.7. The summed E-state index contributed by atoms with van der Waals surface area (Å²) in [7, 11) is 0. The Labute approximate surface area is 187 Å². The van der Waals surface area contributed by atoms with Crippen molar-refractivity contribution < 1.29 is 9.72 Å². The van der Waals surface area contributed by atoms with Crippen LogP contribution in [-0.4, -0.2) is 30.3 Å². The van der Waals surface area contributed by atoms with Gasteiger partial charge in [0, 0.05) is 30.5 Å². The number of thioether (sulfide) groups is 1. The Morgan fingerprint density at radius 2 is 2.03 bits per heavy atom. The van der Waals surface area contributed by atoms with Gasteiger partial charge in [-0.15, -0.1) is 5.10 Å². The molecular weight excluding hydrogens is 426 g/mol. The second-order valence-corrected chi connectivity index (χ2v) is 8.77. The second-order valence-electron chi connectivity index (χ2n) is 7.83. The number of benzene rings is 2. The smallest absolute Gasteiger partial charge is 0.269 e. The van der Waals surface area contributed by atoms with Gasteiger partial charge in [-0.2, -0.15) is 9.50 Å². The lowest BCUT2D eigenvalue weighted by Crippen LogP contribution is -2.23. The molecule has 0 amide bonds. The molecule has 160 valence electrons. The fourth-order valence-electron chi connectivity index (χ4n) is 4.16. The third kappa shape index (κ3) is 3.75. The zero-order valence-corrected chi connectivity index (χ0v) is 18.1. The lowest BCUT2D eigenvalue weighted by atomic mass is 9.80. The fourth-order valence-corrected chi connectivity index (χ4v) is 4.92. The summed E-state index contributed by atoms with van der Waals surface area (Å²) < 4.78 is 1.67. The first-order valence-corrected chi connectivity index (χ1v) is 11.2. The average molecular weight is 446 g/mol. The van der Waals surface area contributed by atoms with Gasteiger partial charge < -0.3 is 0 Å². The van der Waals surface area contributed by atoms with Crippen molar-refractivity contribution in [3.8, 4) is 0 Å². The molecule has 9 heteroatoms. The summed E-state index contributed by atoms with van der Waals surface area (Å²) in [5.41, 5.74) is 4.65. The molecule has 0 radical (unpaired) electrons. The topological polar surface area (TPSA) is 103 Å². The van der Waals surface area contributed by atoms with Crippen molar-refractivity contribution in [2.45, 2.75) is 36.6 Å². The molecule has 4 aromatic rings. The Balaban J connectivity index is 1.44. The minimum atomic E-state index is -0.407. The molecule has 2 aromatic heterocycles. The maximum Gasteiger partial charge on any atom is 0.269 e. The van der Waals surface area contributed by atoms with Gasteiger partial charge in [0.25, 0.3) is 11.5 Å². The van der Waals surface area contributed by atoms with Crippen LogP contribution in [0.25, 0.3) is 5.78 Å². The standard InChI is InChI=1S/C23H19N5O3S/c1-14-5-2-3-8-18(14)16-10-20-19(21(29)11-16)12-24-22-25-23(26-27(20)22)32-13-15-6-4-7-17(9-15)28(30)31/h2-9,12,16H,10-11,13H2,1H3. The summed E-state index contributed by atoms with van der Waals surface area (Å²) >= 11 is 1.38. The molecule has 8 nitrogen and oxygen atoms in total. The van der Waals surface area contributed by atoms with E-state index in [2.05, 4.69) is 34.1 Å². The molecule has 1 unspecified atom stereocenters. The zero-order chi connectivity index (χ0) is 22.2. The quantitative estimate of drug-likeness (QED) is 0.252. The number of aromatic nitrogens is 4. The maximum atomic E-state index is 12.9. The van der Waals surface area contributed by atoms with Gasteiger partial charge in [0.1, 0.15) is 0 Å². The van der Waals surface area contributed by atoms with Crippen molar-refractivity contribution in [3.05, 3.63) is 92.8 Å². The number of nitrogens with zero attached hydrogens (tertiary/aromatic N) is 5. The van der Waals surface area contributed by atoms with Crippen molar-refractivity contribution in [3.63, 3.8) is 0 Å². The van der Waals surface area contributed by atoms with E-state index in [4.69, 9.17) is 0 Å². The minimum Gasteiger partial charge on any atom is -0.294 e. The third-order valence-electron chi connectivity index (χ3n) is 5.74. The predicted octanol–water partition coefficient (Wildman–Crippen LogP) is 4.55. The molecular formula is C23H19N5O3S. The number of nitro groups is 1. The highest BCUT2D eigenvalue weighted by Crippen LogP contribution is 2.34. The molecule has 2 heterocycles. The Hall–Kier alpha value is -3.59. The monoisotopic (exact) mass is 445 g/mol. The van der Waals surface area contributed by atoms with E-state index >= 15 is 0 Å². The van der Waals surface area contributed by atoms with Crippen molar-refractivity contribution in [2.75, 3.05) is 0 Å². The summed E-state index contributed by atoms with van der Waals surface area (Å²) in [6.07, 6.45) is 2.74. The highest BCUT2D eigenvalue weighted by Gasteiger charge is 2.30. The van der Waals surface area contributed by atoms with Gasteiger partial charge >= 0.3 is 0 Å². The van der Waals surface area contributed by atoms with Crippen LogP contribution in [0.15, 0.2) is 59.9 Å². The molecule has 0 bridgehead atoms. The Kier molecular flexibility index (Phi) is 5.18. The van der Waals surface area contributed by atoms with E-state index < -0.39 is 4.92 Å². The number of hydrogen-bond acceptors (Lipinski definition) is 7. The van der Waals surface area contributed by atoms with E-state index in [0.29, 0.717) is 35.1 Å². The Morgan fingerprint density at radius 3 is 2.84 bits per heavy atom. The van der Waals surface area contributed by atoms with Crippen LogP contribution < -0.4 is 0 Å². The average Bonchev–Trinajstić information content (AvgIpc) is 3.22. The number of non-ortho nitro benzene ring substituents is 1. The predicted molar refractivity (Wildman–Crippen MR) is 120 cm³/mol. The molecule has 0 fully saturated rings. The normalized spacial score (nSPS) is 15.7. The highest BCUT2D eigenvalue weighted by molar-refractivity contribution is 7.98. The number of nitro benzene ring substituents is 1. The third-order valence-corrected chi connectivity index (χ3v) is 6.64.